The second-order valence-electron chi connectivity index (χ2n) is 3.43. The van der Waals surface area contributed by atoms with E-state index in [0.29, 0.717) is 18.0 Å². The van der Waals surface area contributed by atoms with E-state index in [1.54, 1.807) is 30.1 Å². The summed E-state index contributed by atoms with van der Waals surface area (Å²) in [6, 6.07) is 3.23. The first-order valence-electron chi connectivity index (χ1n) is 5.31. The molecule has 1 rings (SSSR count). The molecule has 0 spiro atoms. The van der Waals surface area contributed by atoms with Gasteiger partial charge >= 0.3 is 5.97 Å². The first-order valence-corrected chi connectivity index (χ1v) is 6.47. The number of carboxylic acid groups (broad SMARTS) is 1. The van der Waals surface area contributed by atoms with Gasteiger partial charge in [-0.15, -0.1) is 18.2 Å². The predicted octanol–water partition coefficient (Wildman–Crippen LogP) is 0.669. The van der Waals surface area contributed by atoms with Gasteiger partial charge in [0.25, 0.3) is 5.91 Å². The molecule has 0 aliphatic rings. The normalized spacial score (nSPS) is 9.72. The summed E-state index contributed by atoms with van der Waals surface area (Å²) >= 11 is 1.56. The second-order valence-corrected chi connectivity index (χ2v) is 4.53. The topological polar surface area (TPSA) is 71.3 Å². The Hall–Kier alpha value is -1.87. The highest BCUT2D eigenvalue weighted by molar-refractivity contribution is 7.99. The number of thioether (sulfide) groups is 1. The van der Waals surface area contributed by atoms with Crippen LogP contribution in [0.2, 0.25) is 0 Å². The Labute approximate surface area is 110 Å². The highest BCUT2D eigenvalue weighted by atomic mass is 32.2. The van der Waals surface area contributed by atoms with Crippen molar-refractivity contribution in [1.29, 1.82) is 0 Å². The summed E-state index contributed by atoms with van der Waals surface area (Å²) in [7, 11) is 0. The molecule has 1 heterocycles. The zero-order valence-corrected chi connectivity index (χ0v) is 10.6. The Morgan fingerprint density at radius 2 is 2.33 bits per heavy atom. The number of carbonyl (C=O) groups is 2. The van der Waals surface area contributed by atoms with Gasteiger partial charge in [0.05, 0.1) is 5.75 Å². The van der Waals surface area contributed by atoms with E-state index < -0.39 is 5.97 Å². The smallest absolute Gasteiger partial charge is 0.323 e. The molecular weight excluding hydrogens is 252 g/mol. The van der Waals surface area contributed by atoms with Crippen LogP contribution < -0.4 is 5.32 Å². The highest BCUT2D eigenvalue weighted by Gasteiger charge is 2.11. The summed E-state index contributed by atoms with van der Waals surface area (Å²) in [5, 5.41) is 11.4. The minimum atomic E-state index is -0.982. The van der Waals surface area contributed by atoms with Crippen LogP contribution in [-0.2, 0) is 11.3 Å². The third-order valence-corrected chi connectivity index (χ3v) is 2.95. The number of amides is 1. The average molecular weight is 266 g/mol. The van der Waals surface area contributed by atoms with Crippen LogP contribution in [0.3, 0.4) is 0 Å². The van der Waals surface area contributed by atoms with Crippen LogP contribution >= 0.6 is 11.8 Å². The highest BCUT2D eigenvalue weighted by Crippen LogP contribution is 2.02. The van der Waals surface area contributed by atoms with Gasteiger partial charge in [-0.25, -0.2) is 0 Å². The number of nitrogens with one attached hydrogen (secondary N) is 1. The molecule has 0 aliphatic carbocycles. The largest absolute Gasteiger partial charge is 0.480 e. The van der Waals surface area contributed by atoms with Gasteiger partial charge in [0.1, 0.15) is 12.2 Å². The quantitative estimate of drug-likeness (QED) is 0.562. The minimum absolute atomic E-state index is 0.221. The SMILES string of the molecule is C#CCSCCNC(=O)c1cccn1CC(=O)O. The van der Waals surface area contributed by atoms with Gasteiger partial charge in [-0.3, -0.25) is 9.59 Å². The molecule has 0 fully saturated rings. The van der Waals surface area contributed by atoms with Crippen LogP contribution in [0.15, 0.2) is 18.3 Å². The fourth-order valence-corrected chi connectivity index (χ4v) is 1.87. The number of terminal acetylenes is 1. The van der Waals surface area contributed by atoms with Crippen molar-refractivity contribution < 1.29 is 14.7 Å². The number of carboxylic acids is 1. The Morgan fingerprint density at radius 1 is 1.56 bits per heavy atom. The molecule has 6 heteroatoms. The van der Waals surface area contributed by atoms with E-state index in [1.165, 1.54) is 4.57 Å². The van der Waals surface area contributed by atoms with Crippen molar-refractivity contribution in [3.63, 3.8) is 0 Å². The van der Waals surface area contributed by atoms with E-state index >= 15 is 0 Å². The second kappa shape index (κ2) is 7.45. The molecule has 0 unspecified atom stereocenters. The minimum Gasteiger partial charge on any atom is -0.480 e. The lowest BCUT2D eigenvalue weighted by Crippen LogP contribution is -2.28. The van der Waals surface area contributed by atoms with Gasteiger partial charge in [-0.2, -0.15) is 0 Å². The van der Waals surface area contributed by atoms with Crippen LogP contribution in [0.1, 0.15) is 10.5 Å². The van der Waals surface area contributed by atoms with Gasteiger partial charge < -0.3 is 15.0 Å². The molecular formula is C12H14N2O3S. The molecule has 2 N–H and O–H groups in total. The third-order valence-electron chi connectivity index (χ3n) is 2.09. The van der Waals surface area contributed by atoms with Gasteiger partial charge in [-0.1, -0.05) is 5.92 Å². The Morgan fingerprint density at radius 3 is 3.00 bits per heavy atom. The van der Waals surface area contributed by atoms with Crippen molar-refractivity contribution in [1.82, 2.24) is 9.88 Å². The zero-order valence-electron chi connectivity index (χ0n) is 9.76. The molecule has 0 atom stereocenters. The Kier molecular flexibility index (Phi) is 5.88. The van der Waals surface area contributed by atoms with Crippen molar-refractivity contribution >= 4 is 23.6 Å². The maximum Gasteiger partial charge on any atom is 0.323 e. The summed E-state index contributed by atoms with van der Waals surface area (Å²) in [6.07, 6.45) is 6.66. The predicted molar refractivity (Wildman–Crippen MR) is 70.6 cm³/mol. The van der Waals surface area contributed by atoms with Crippen LogP contribution in [0.4, 0.5) is 0 Å². The van der Waals surface area contributed by atoms with E-state index in [-0.39, 0.29) is 12.5 Å². The van der Waals surface area contributed by atoms with Crippen molar-refractivity contribution in [3.8, 4) is 12.3 Å². The van der Waals surface area contributed by atoms with Gasteiger partial charge in [0.15, 0.2) is 0 Å². The number of carbonyl (C=O) groups excluding carboxylic acids is 1. The lowest BCUT2D eigenvalue weighted by molar-refractivity contribution is -0.137. The molecule has 0 saturated heterocycles. The lowest BCUT2D eigenvalue weighted by atomic mass is 10.4. The number of aromatic nitrogens is 1. The summed E-state index contributed by atoms with van der Waals surface area (Å²) in [5.41, 5.74) is 0.347. The van der Waals surface area contributed by atoms with Crippen molar-refractivity contribution in [2.75, 3.05) is 18.1 Å². The molecule has 5 nitrogen and oxygen atoms in total. The van der Waals surface area contributed by atoms with Gasteiger partial charge in [-0.05, 0) is 12.1 Å². The van der Waals surface area contributed by atoms with E-state index in [9.17, 15) is 9.59 Å². The average Bonchev–Trinajstić information content (AvgIpc) is 2.76. The van der Waals surface area contributed by atoms with Crippen molar-refractivity contribution in [2.24, 2.45) is 0 Å². The fourth-order valence-electron chi connectivity index (χ4n) is 1.36. The Balaban J connectivity index is 2.44. The molecule has 0 aliphatic heterocycles. The molecule has 18 heavy (non-hydrogen) atoms. The molecule has 1 aromatic rings. The first kappa shape index (κ1) is 14.2. The molecule has 0 bridgehead atoms. The monoisotopic (exact) mass is 266 g/mol. The van der Waals surface area contributed by atoms with Gasteiger partial charge in [0, 0.05) is 18.5 Å². The number of aliphatic carboxylic acids is 1. The first-order chi connectivity index (χ1) is 8.65. The summed E-state index contributed by atoms with van der Waals surface area (Å²) < 4.78 is 1.40. The molecule has 0 radical (unpaired) electrons. The van der Waals surface area contributed by atoms with E-state index in [0.717, 1.165) is 5.75 Å². The van der Waals surface area contributed by atoms with Crippen LogP contribution in [0.25, 0.3) is 0 Å². The number of nitrogens with zero attached hydrogens (tertiary/aromatic N) is 1. The number of hydrogen-bond donors (Lipinski definition) is 2. The van der Waals surface area contributed by atoms with Crippen LogP contribution in [-0.4, -0.2) is 39.6 Å². The molecule has 0 saturated carbocycles. The number of hydrogen-bond acceptors (Lipinski definition) is 3. The standard InChI is InChI=1S/C12H14N2O3S/c1-2-7-18-8-5-13-12(17)10-4-3-6-14(10)9-11(15)16/h1,3-4,6H,5,7-9H2,(H,13,17)(H,15,16). The fraction of sp³-hybridized carbons (Fsp3) is 0.333. The maximum atomic E-state index is 11.8. The summed E-state index contributed by atoms with van der Waals surface area (Å²) in [4.78, 5) is 22.4. The third kappa shape index (κ3) is 4.55. The molecule has 96 valence electrons. The summed E-state index contributed by atoms with van der Waals surface area (Å²) in [6.45, 7) is 0.283. The van der Waals surface area contributed by atoms with Gasteiger partial charge in [0.2, 0.25) is 0 Å². The van der Waals surface area contributed by atoms with E-state index in [1.807, 2.05) is 0 Å². The van der Waals surface area contributed by atoms with Crippen molar-refractivity contribution in [2.45, 2.75) is 6.54 Å². The summed E-state index contributed by atoms with van der Waals surface area (Å²) in [5.74, 6) is 2.59. The number of rotatable bonds is 7. The Bertz CT molecular complexity index is 462. The van der Waals surface area contributed by atoms with Crippen LogP contribution in [0.5, 0.6) is 0 Å². The molecule has 0 aromatic carbocycles. The molecule has 1 amide bonds. The zero-order chi connectivity index (χ0) is 13.4. The van der Waals surface area contributed by atoms with Crippen molar-refractivity contribution in [3.05, 3.63) is 24.0 Å². The lowest BCUT2D eigenvalue weighted by Gasteiger charge is -2.07. The van der Waals surface area contributed by atoms with Crippen LogP contribution in [0, 0.1) is 12.3 Å². The van der Waals surface area contributed by atoms with E-state index in [2.05, 4.69) is 11.2 Å². The maximum absolute atomic E-state index is 11.8. The van der Waals surface area contributed by atoms with E-state index in [4.69, 9.17) is 11.5 Å². The molecule has 1 aromatic heterocycles.